The van der Waals surface area contributed by atoms with Gasteiger partial charge in [0.05, 0.1) is 12.2 Å². The number of amides is 1. The van der Waals surface area contributed by atoms with Gasteiger partial charge in [0.1, 0.15) is 11.4 Å². The van der Waals surface area contributed by atoms with E-state index in [-0.39, 0.29) is 12.6 Å². The SMILES string of the molecule is Cc1cc(C)n(Cc2cccc(NC(=O)c3ccnn3COc3ccc(Cl)cc3)c2)n1. The van der Waals surface area contributed by atoms with Crippen LogP contribution >= 0.6 is 11.6 Å². The fraction of sp³-hybridized carbons (Fsp3) is 0.174. The molecular formula is C23H22ClN5O2. The zero-order valence-corrected chi connectivity index (χ0v) is 18.0. The number of ether oxygens (including phenoxy) is 1. The minimum Gasteiger partial charge on any atom is -0.471 e. The molecule has 0 fully saturated rings. The molecule has 7 nitrogen and oxygen atoms in total. The predicted octanol–water partition coefficient (Wildman–Crippen LogP) is 4.69. The van der Waals surface area contributed by atoms with E-state index >= 15 is 0 Å². The second-order valence-electron chi connectivity index (χ2n) is 7.18. The summed E-state index contributed by atoms with van der Waals surface area (Å²) in [6.45, 7) is 4.74. The number of aromatic nitrogens is 4. The van der Waals surface area contributed by atoms with Gasteiger partial charge in [0.25, 0.3) is 5.91 Å². The first-order chi connectivity index (χ1) is 15.0. The van der Waals surface area contributed by atoms with Gasteiger partial charge in [-0.1, -0.05) is 23.7 Å². The Morgan fingerprint density at radius 3 is 2.61 bits per heavy atom. The highest BCUT2D eigenvalue weighted by Gasteiger charge is 2.13. The van der Waals surface area contributed by atoms with E-state index in [0.29, 0.717) is 28.7 Å². The van der Waals surface area contributed by atoms with Crippen molar-refractivity contribution in [3.05, 3.63) is 94.5 Å². The van der Waals surface area contributed by atoms with Gasteiger partial charge < -0.3 is 10.1 Å². The largest absolute Gasteiger partial charge is 0.471 e. The number of benzene rings is 2. The van der Waals surface area contributed by atoms with Crippen molar-refractivity contribution in [2.24, 2.45) is 0 Å². The van der Waals surface area contributed by atoms with Crippen LogP contribution in [0.3, 0.4) is 0 Å². The summed E-state index contributed by atoms with van der Waals surface area (Å²) < 4.78 is 9.14. The Morgan fingerprint density at radius 2 is 1.87 bits per heavy atom. The first-order valence-corrected chi connectivity index (χ1v) is 10.2. The van der Waals surface area contributed by atoms with Gasteiger partial charge in [0.2, 0.25) is 0 Å². The third kappa shape index (κ3) is 5.13. The molecule has 1 N–H and O–H groups in total. The van der Waals surface area contributed by atoms with E-state index < -0.39 is 0 Å². The number of anilines is 1. The third-order valence-corrected chi connectivity index (χ3v) is 4.99. The van der Waals surface area contributed by atoms with Gasteiger partial charge in [-0.05, 0) is 67.9 Å². The Morgan fingerprint density at radius 1 is 1.06 bits per heavy atom. The van der Waals surface area contributed by atoms with E-state index in [2.05, 4.69) is 15.5 Å². The Hall–Kier alpha value is -3.58. The topological polar surface area (TPSA) is 74.0 Å². The van der Waals surface area contributed by atoms with Crippen LogP contribution in [-0.4, -0.2) is 25.5 Å². The lowest BCUT2D eigenvalue weighted by Crippen LogP contribution is -2.19. The zero-order chi connectivity index (χ0) is 21.8. The summed E-state index contributed by atoms with van der Waals surface area (Å²) in [4.78, 5) is 12.8. The van der Waals surface area contributed by atoms with Crippen molar-refractivity contribution in [2.75, 3.05) is 5.32 Å². The molecule has 0 spiro atoms. The Kier molecular flexibility index (Phi) is 6.04. The average molecular weight is 436 g/mol. The molecule has 0 radical (unpaired) electrons. The molecule has 0 bridgehead atoms. The number of hydrogen-bond donors (Lipinski definition) is 1. The fourth-order valence-corrected chi connectivity index (χ4v) is 3.37. The number of carbonyl (C=O) groups is 1. The fourth-order valence-electron chi connectivity index (χ4n) is 3.25. The molecule has 4 aromatic rings. The maximum absolute atomic E-state index is 12.8. The second kappa shape index (κ2) is 9.06. The van der Waals surface area contributed by atoms with E-state index in [4.69, 9.17) is 16.3 Å². The molecule has 0 aliphatic carbocycles. The van der Waals surface area contributed by atoms with Crippen LogP contribution in [0, 0.1) is 13.8 Å². The predicted molar refractivity (Wildman–Crippen MR) is 120 cm³/mol. The first kappa shape index (κ1) is 20.7. The van der Waals surface area contributed by atoms with Crippen molar-refractivity contribution in [2.45, 2.75) is 27.1 Å². The minimum absolute atomic E-state index is 0.107. The molecule has 0 unspecified atom stereocenters. The number of aryl methyl sites for hydroxylation is 2. The molecule has 2 aromatic heterocycles. The van der Waals surface area contributed by atoms with Gasteiger partial charge in [-0.15, -0.1) is 0 Å². The van der Waals surface area contributed by atoms with Crippen LogP contribution in [0.25, 0.3) is 0 Å². The van der Waals surface area contributed by atoms with Crippen molar-refractivity contribution in [1.29, 1.82) is 0 Å². The quantitative estimate of drug-likeness (QED) is 0.457. The zero-order valence-electron chi connectivity index (χ0n) is 17.2. The Labute approximate surface area is 185 Å². The number of nitrogens with zero attached hydrogens (tertiary/aromatic N) is 4. The van der Waals surface area contributed by atoms with Crippen molar-refractivity contribution in [3.8, 4) is 5.75 Å². The molecule has 0 aliphatic heterocycles. The molecule has 2 aromatic carbocycles. The van der Waals surface area contributed by atoms with Crippen LogP contribution in [0.15, 0.2) is 66.9 Å². The van der Waals surface area contributed by atoms with Crippen LogP contribution in [0.5, 0.6) is 5.75 Å². The molecule has 0 atom stereocenters. The summed E-state index contributed by atoms with van der Waals surface area (Å²) in [7, 11) is 0. The molecule has 0 aliphatic rings. The summed E-state index contributed by atoms with van der Waals surface area (Å²) in [6.07, 6.45) is 1.57. The lowest BCUT2D eigenvalue weighted by molar-refractivity contribution is 0.100. The molecule has 1 amide bonds. The molecule has 2 heterocycles. The summed E-state index contributed by atoms with van der Waals surface area (Å²) >= 11 is 5.89. The summed E-state index contributed by atoms with van der Waals surface area (Å²) in [5.41, 5.74) is 4.23. The lowest BCUT2D eigenvalue weighted by atomic mass is 10.2. The highest BCUT2D eigenvalue weighted by molar-refractivity contribution is 6.30. The molecule has 0 saturated carbocycles. The molecule has 31 heavy (non-hydrogen) atoms. The monoisotopic (exact) mass is 435 g/mol. The molecule has 158 valence electrons. The van der Waals surface area contributed by atoms with Crippen LogP contribution < -0.4 is 10.1 Å². The van der Waals surface area contributed by atoms with Gasteiger partial charge >= 0.3 is 0 Å². The summed E-state index contributed by atoms with van der Waals surface area (Å²) in [5.74, 6) is 0.378. The molecule has 8 heteroatoms. The summed E-state index contributed by atoms with van der Waals surface area (Å²) in [5, 5.41) is 12.3. The van der Waals surface area contributed by atoms with Crippen LogP contribution in [0.1, 0.15) is 27.4 Å². The first-order valence-electron chi connectivity index (χ1n) is 9.79. The van der Waals surface area contributed by atoms with Crippen molar-refractivity contribution in [3.63, 3.8) is 0 Å². The van der Waals surface area contributed by atoms with E-state index in [1.165, 1.54) is 4.68 Å². The third-order valence-electron chi connectivity index (χ3n) is 4.74. The molecule has 0 saturated heterocycles. The van der Waals surface area contributed by atoms with Crippen LogP contribution in [0.4, 0.5) is 5.69 Å². The number of carbonyl (C=O) groups excluding carboxylic acids is 1. The second-order valence-corrected chi connectivity index (χ2v) is 7.62. The van der Waals surface area contributed by atoms with Gasteiger partial charge in [0.15, 0.2) is 6.73 Å². The summed E-state index contributed by atoms with van der Waals surface area (Å²) in [6, 6.07) is 18.4. The lowest BCUT2D eigenvalue weighted by Gasteiger charge is -2.11. The minimum atomic E-state index is -0.263. The highest BCUT2D eigenvalue weighted by Crippen LogP contribution is 2.17. The van der Waals surface area contributed by atoms with E-state index in [0.717, 1.165) is 17.0 Å². The van der Waals surface area contributed by atoms with Gasteiger partial charge in [0, 0.05) is 22.6 Å². The van der Waals surface area contributed by atoms with Crippen molar-refractivity contribution >= 4 is 23.2 Å². The van der Waals surface area contributed by atoms with E-state index in [1.54, 1.807) is 36.5 Å². The van der Waals surface area contributed by atoms with Crippen molar-refractivity contribution in [1.82, 2.24) is 19.6 Å². The Bertz CT molecular complexity index is 1200. The van der Waals surface area contributed by atoms with E-state index in [9.17, 15) is 4.79 Å². The van der Waals surface area contributed by atoms with Crippen LogP contribution in [0.2, 0.25) is 5.02 Å². The molecule has 4 rings (SSSR count). The van der Waals surface area contributed by atoms with E-state index in [1.807, 2.05) is 48.9 Å². The van der Waals surface area contributed by atoms with Crippen molar-refractivity contribution < 1.29 is 9.53 Å². The highest BCUT2D eigenvalue weighted by atomic mass is 35.5. The number of rotatable bonds is 7. The van der Waals surface area contributed by atoms with Gasteiger partial charge in [-0.3, -0.25) is 9.48 Å². The standard InChI is InChI=1S/C23H22ClN5O2/c1-16-12-17(2)28(27-16)14-18-4-3-5-20(13-18)26-23(30)22-10-11-25-29(22)15-31-21-8-6-19(24)7-9-21/h3-13H,14-15H2,1-2H3,(H,26,30). The van der Waals surface area contributed by atoms with Gasteiger partial charge in [-0.25, -0.2) is 4.68 Å². The number of nitrogens with one attached hydrogen (secondary N) is 1. The maximum Gasteiger partial charge on any atom is 0.274 e. The smallest absolute Gasteiger partial charge is 0.274 e. The van der Waals surface area contributed by atoms with Crippen LogP contribution in [-0.2, 0) is 13.3 Å². The average Bonchev–Trinajstić information content (AvgIpc) is 3.34. The maximum atomic E-state index is 12.8. The number of hydrogen-bond acceptors (Lipinski definition) is 4. The molecular weight excluding hydrogens is 414 g/mol. The number of halogens is 1. The Balaban J connectivity index is 1.42. The van der Waals surface area contributed by atoms with Gasteiger partial charge in [-0.2, -0.15) is 10.2 Å². The normalized spacial score (nSPS) is 10.8.